The van der Waals surface area contributed by atoms with Gasteiger partial charge in [-0.05, 0) is 36.2 Å². The van der Waals surface area contributed by atoms with Crippen molar-refractivity contribution in [3.63, 3.8) is 0 Å². The van der Waals surface area contributed by atoms with Crippen LogP contribution in [0.5, 0.6) is 5.75 Å². The molecular weight excluding hydrogens is 248 g/mol. The molecule has 1 atom stereocenters. The maximum atomic E-state index is 6.56. The summed E-state index contributed by atoms with van der Waals surface area (Å²) in [6.45, 7) is 4.10. The first-order valence-electron chi connectivity index (χ1n) is 6.02. The number of methoxy groups -OCH3 is 1. The molecule has 3 heteroatoms. The van der Waals surface area contributed by atoms with Crippen LogP contribution in [0.25, 0.3) is 0 Å². The molecule has 0 saturated heterocycles. The molecule has 0 saturated carbocycles. The Bertz CT molecular complexity index is 531. The van der Waals surface area contributed by atoms with Gasteiger partial charge in [-0.15, -0.1) is 11.6 Å². The molecule has 0 bridgehead atoms. The van der Waals surface area contributed by atoms with Gasteiger partial charge < -0.3 is 9.15 Å². The highest BCUT2D eigenvalue weighted by Crippen LogP contribution is 2.35. The number of benzene rings is 1. The molecule has 1 unspecified atom stereocenters. The first-order chi connectivity index (χ1) is 8.67. The SMILES string of the molecule is CCc1occc1C(Cl)c1ccc(OC)cc1C. The molecule has 2 nitrogen and oxygen atoms in total. The first-order valence-corrected chi connectivity index (χ1v) is 6.45. The van der Waals surface area contributed by atoms with Gasteiger partial charge in [0.15, 0.2) is 0 Å². The molecule has 2 rings (SSSR count). The summed E-state index contributed by atoms with van der Waals surface area (Å²) in [6, 6.07) is 7.89. The molecular formula is C15H17ClO2. The molecule has 0 fully saturated rings. The van der Waals surface area contributed by atoms with Crippen molar-refractivity contribution in [2.45, 2.75) is 25.6 Å². The number of furan rings is 1. The van der Waals surface area contributed by atoms with E-state index in [-0.39, 0.29) is 5.38 Å². The van der Waals surface area contributed by atoms with Crippen molar-refractivity contribution in [3.05, 3.63) is 53.0 Å². The van der Waals surface area contributed by atoms with Gasteiger partial charge in [-0.3, -0.25) is 0 Å². The van der Waals surface area contributed by atoms with Crippen LogP contribution in [0.1, 0.15) is 34.8 Å². The highest BCUT2D eigenvalue weighted by atomic mass is 35.5. The Labute approximate surface area is 113 Å². The van der Waals surface area contributed by atoms with Crippen LogP contribution in [0, 0.1) is 6.92 Å². The quantitative estimate of drug-likeness (QED) is 0.760. The Morgan fingerprint density at radius 2 is 2.06 bits per heavy atom. The van der Waals surface area contributed by atoms with Crippen molar-refractivity contribution in [1.29, 1.82) is 0 Å². The van der Waals surface area contributed by atoms with Gasteiger partial charge in [-0.1, -0.05) is 13.0 Å². The second-order valence-electron chi connectivity index (χ2n) is 4.24. The topological polar surface area (TPSA) is 22.4 Å². The van der Waals surface area contributed by atoms with Gasteiger partial charge in [-0.25, -0.2) is 0 Å². The van der Waals surface area contributed by atoms with Crippen molar-refractivity contribution in [2.75, 3.05) is 7.11 Å². The van der Waals surface area contributed by atoms with Gasteiger partial charge in [-0.2, -0.15) is 0 Å². The molecule has 2 aromatic rings. The molecule has 18 heavy (non-hydrogen) atoms. The van der Waals surface area contributed by atoms with Crippen molar-refractivity contribution < 1.29 is 9.15 Å². The fraction of sp³-hybridized carbons (Fsp3) is 0.333. The third-order valence-corrected chi connectivity index (χ3v) is 3.59. The largest absolute Gasteiger partial charge is 0.497 e. The zero-order chi connectivity index (χ0) is 13.1. The van der Waals surface area contributed by atoms with Gasteiger partial charge in [0, 0.05) is 12.0 Å². The molecule has 1 aromatic heterocycles. The number of halogens is 1. The van der Waals surface area contributed by atoms with Crippen LogP contribution in [-0.4, -0.2) is 7.11 Å². The van der Waals surface area contributed by atoms with E-state index in [0.29, 0.717) is 0 Å². The zero-order valence-corrected chi connectivity index (χ0v) is 11.6. The van der Waals surface area contributed by atoms with Crippen molar-refractivity contribution in [1.82, 2.24) is 0 Å². The van der Waals surface area contributed by atoms with Crippen LogP contribution in [0.4, 0.5) is 0 Å². The van der Waals surface area contributed by atoms with E-state index in [1.807, 2.05) is 31.2 Å². The Balaban J connectivity index is 2.37. The normalized spacial score (nSPS) is 12.4. The van der Waals surface area contributed by atoms with Gasteiger partial charge >= 0.3 is 0 Å². The third kappa shape index (κ3) is 2.39. The number of alkyl halides is 1. The minimum Gasteiger partial charge on any atom is -0.497 e. The van der Waals surface area contributed by atoms with Crippen LogP contribution in [0.15, 0.2) is 34.9 Å². The predicted octanol–water partition coefficient (Wildman–Crippen LogP) is 4.49. The predicted molar refractivity (Wildman–Crippen MR) is 73.5 cm³/mol. The average molecular weight is 265 g/mol. The maximum absolute atomic E-state index is 6.56. The van der Waals surface area contributed by atoms with Crippen LogP contribution in [0.3, 0.4) is 0 Å². The summed E-state index contributed by atoms with van der Waals surface area (Å²) in [7, 11) is 1.66. The summed E-state index contributed by atoms with van der Waals surface area (Å²) in [6.07, 6.45) is 2.54. The van der Waals surface area contributed by atoms with E-state index in [2.05, 4.69) is 6.92 Å². The van der Waals surface area contributed by atoms with E-state index in [0.717, 1.165) is 34.6 Å². The standard InChI is InChI=1S/C15H17ClO2/c1-4-14-13(7-8-18-14)15(16)12-6-5-11(17-3)9-10(12)2/h5-9,15H,4H2,1-3H3. The summed E-state index contributed by atoms with van der Waals surface area (Å²) in [5, 5.41) is -0.176. The van der Waals surface area contributed by atoms with Crippen LogP contribution in [-0.2, 0) is 6.42 Å². The summed E-state index contributed by atoms with van der Waals surface area (Å²) in [4.78, 5) is 0. The molecule has 1 heterocycles. The molecule has 1 aromatic carbocycles. The van der Waals surface area contributed by atoms with E-state index >= 15 is 0 Å². The Kier molecular flexibility index (Phi) is 3.97. The van der Waals surface area contributed by atoms with Crippen molar-refractivity contribution in [2.24, 2.45) is 0 Å². The lowest BCUT2D eigenvalue weighted by Gasteiger charge is -2.13. The van der Waals surface area contributed by atoms with Gasteiger partial charge in [0.05, 0.1) is 18.8 Å². The molecule has 0 N–H and O–H groups in total. The second-order valence-corrected chi connectivity index (χ2v) is 4.67. The lowest BCUT2D eigenvalue weighted by Crippen LogP contribution is -1.98. The van der Waals surface area contributed by atoms with Gasteiger partial charge in [0.25, 0.3) is 0 Å². The number of aryl methyl sites for hydroxylation is 2. The van der Waals surface area contributed by atoms with Gasteiger partial charge in [0.1, 0.15) is 11.5 Å². The third-order valence-electron chi connectivity index (χ3n) is 3.12. The first kappa shape index (κ1) is 13.0. The van der Waals surface area contributed by atoms with Crippen molar-refractivity contribution in [3.8, 4) is 5.75 Å². The highest BCUT2D eigenvalue weighted by molar-refractivity contribution is 6.22. The maximum Gasteiger partial charge on any atom is 0.119 e. The number of ether oxygens (including phenoxy) is 1. The Morgan fingerprint density at radius 1 is 1.28 bits per heavy atom. The summed E-state index contributed by atoms with van der Waals surface area (Å²) >= 11 is 6.56. The van der Waals surface area contributed by atoms with Crippen LogP contribution in [0.2, 0.25) is 0 Å². The summed E-state index contributed by atoms with van der Waals surface area (Å²) in [5.41, 5.74) is 3.26. The highest BCUT2D eigenvalue weighted by Gasteiger charge is 2.18. The second kappa shape index (κ2) is 5.49. The zero-order valence-electron chi connectivity index (χ0n) is 10.9. The molecule has 0 spiro atoms. The lowest BCUT2D eigenvalue weighted by atomic mass is 9.99. The fourth-order valence-electron chi connectivity index (χ4n) is 2.09. The minimum absolute atomic E-state index is 0.176. The van der Waals surface area contributed by atoms with Crippen LogP contribution < -0.4 is 4.74 Å². The van der Waals surface area contributed by atoms with E-state index in [1.165, 1.54) is 0 Å². The Morgan fingerprint density at radius 3 is 2.67 bits per heavy atom. The molecule has 0 amide bonds. The smallest absolute Gasteiger partial charge is 0.119 e. The molecule has 96 valence electrons. The van der Waals surface area contributed by atoms with E-state index in [1.54, 1.807) is 13.4 Å². The molecule has 0 aliphatic rings. The summed E-state index contributed by atoms with van der Waals surface area (Å²) in [5.74, 6) is 1.80. The number of hydrogen-bond acceptors (Lipinski definition) is 2. The minimum atomic E-state index is -0.176. The average Bonchev–Trinajstić information content (AvgIpc) is 2.86. The van der Waals surface area contributed by atoms with Crippen molar-refractivity contribution >= 4 is 11.6 Å². The van der Waals surface area contributed by atoms with E-state index < -0.39 is 0 Å². The monoisotopic (exact) mass is 264 g/mol. The van der Waals surface area contributed by atoms with Gasteiger partial charge in [0.2, 0.25) is 0 Å². The van der Waals surface area contributed by atoms with Crippen LogP contribution >= 0.6 is 11.6 Å². The summed E-state index contributed by atoms with van der Waals surface area (Å²) < 4.78 is 10.6. The fourth-order valence-corrected chi connectivity index (χ4v) is 2.53. The Hall–Kier alpha value is -1.41. The molecule has 0 aliphatic heterocycles. The van der Waals surface area contributed by atoms with E-state index in [4.69, 9.17) is 20.8 Å². The number of rotatable bonds is 4. The lowest BCUT2D eigenvalue weighted by molar-refractivity contribution is 0.414. The molecule has 0 radical (unpaired) electrons. The molecule has 0 aliphatic carbocycles. The number of hydrogen-bond donors (Lipinski definition) is 0. The van der Waals surface area contributed by atoms with E-state index in [9.17, 15) is 0 Å².